The average Bonchev–Trinajstić information content (AvgIpc) is 3.09. The van der Waals surface area contributed by atoms with E-state index in [-0.39, 0.29) is 5.54 Å². The second-order valence-corrected chi connectivity index (χ2v) is 6.36. The monoisotopic (exact) mass is 247 g/mol. The second-order valence-electron chi connectivity index (χ2n) is 6.36. The predicted octanol–water partition coefficient (Wildman–Crippen LogP) is 2.88. The Morgan fingerprint density at radius 1 is 1.33 bits per heavy atom. The Hall–Kier alpha value is -1.09. The van der Waals surface area contributed by atoms with E-state index in [1.54, 1.807) is 0 Å². The molecule has 1 aromatic heterocycles. The van der Waals surface area contributed by atoms with Crippen molar-refractivity contribution in [3.8, 4) is 0 Å². The highest BCUT2D eigenvalue weighted by Gasteiger charge is 2.27. The lowest BCUT2D eigenvalue weighted by Gasteiger charge is -2.22. The van der Waals surface area contributed by atoms with Crippen LogP contribution >= 0.6 is 0 Å². The van der Waals surface area contributed by atoms with Gasteiger partial charge in [0.1, 0.15) is 5.82 Å². The molecule has 1 fully saturated rings. The number of hydrogen-bond acceptors (Lipinski definition) is 3. The van der Waals surface area contributed by atoms with E-state index in [2.05, 4.69) is 57.1 Å². The van der Waals surface area contributed by atoms with Crippen molar-refractivity contribution in [2.45, 2.75) is 58.7 Å². The highest BCUT2D eigenvalue weighted by molar-refractivity contribution is 5.43. The number of aryl methyl sites for hydroxylation is 1. The molecule has 1 heterocycles. The maximum Gasteiger partial charge on any atom is 0.128 e. The van der Waals surface area contributed by atoms with Gasteiger partial charge in [0, 0.05) is 30.9 Å². The van der Waals surface area contributed by atoms with Crippen molar-refractivity contribution in [1.82, 2.24) is 10.3 Å². The van der Waals surface area contributed by atoms with E-state index in [0.29, 0.717) is 0 Å². The summed E-state index contributed by atoms with van der Waals surface area (Å²) >= 11 is 0. The summed E-state index contributed by atoms with van der Waals surface area (Å²) in [5.74, 6) is 1.11. The average molecular weight is 247 g/mol. The molecular formula is C15H25N3. The van der Waals surface area contributed by atoms with Gasteiger partial charge in [0.25, 0.3) is 0 Å². The molecule has 1 aromatic rings. The minimum atomic E-state index is 0.149. The van der Waals surface area contributed by atoms with Crippen molar-refractivity contribution in [1.29, 1.82) is 0 Å². The molecule has 1 aliphatic rings. The normalized spacial score (nSPS) is 15.8. The summed E-state index contributed by atoms with van der Waals surface area (Å²) in [5.41, 5.74) is 2.57. The van der Waals surface area contributed by atoms with Crippen LogP contribution in [0.15, 0.2) is 12.1 Å². The minimum absolute atomic E-state index is 0.149. The lowest BCUT2D eigenvalue weighted by molar-refractivity contribution is 0.423. The summed E-state index contributed by atoms with van der Waals surface area (Å²) in [7, 11) is 2.15. The molecule has 1 N–H and O–H groups in total. The van der Waals surface area contributed by atoms with Gasteiger partial charge >= 0.3 is 0 Å². The third kappa shape index (κ3) is 3.45. The van der Waals surface area contributed by atoms with Crippen LogP contribution in [-0.2, 0) is 6.54 Å². The zero-order valence-corrected chi connectivity index (χ0v) is 12.2. The Kier molecular flexibility index (Phi) is 3.62. The van der Waals surface area contributed by atoms with Gasteiger partial charge in [-0.25, -0.2) is 4.98 Å². The van der Waals surface area contributed by atoms with Gasteiger partial charge < -0.3 is 10.2 Å². The van der Waals surface area contributed by atoms with Crippen molar-refractivity contribution in [2.75, 3.05) is 11.9 Å². The fraction of sp³-hybridized carbons (Fsp3) is 0.667. The van der Waals surface area contributed by atoms with Crippen molar-refractivity contribution < 1.29 is 0 Å². The first-order chi connectivity index (χ1) is 8.37. The van der Waals surface area contributed by atoms with E-state index >= 15 is 0 Å². The summed E-state index contributed by atoms with van der Waals surface area (Å²) in [6.07, 6.45) is 2.62. The van der Waals surface area contributed by atoms with E-state index in [0.717, 1.165) is 24.1 Å². The standard InChI is InChI=1S/C15H25N3/c1-11-12(10-16-15(2,3)4)6-9-14(17-11)18(5)13-7-8-13/h6,9,13,16H,7-8,10H2,1-5H3. The Bertz CT molecular complexity index is 416. The van der Waals surface area contributed by atoms with Crippen LogP contribution in [0.5, 0.6) is 0 Å². The smallest absolute Gasteiger partial charge is 0.128 e. The van der Waals surface area contributed by atoms with Gasteiger partial charge in [-0.05, 0) is 52.2 Å². The third-order valence-corrected chi connectivity index (χ3v) is 3.45. The molecule has 0 aliphatic heterocycles. The van der Waals surface area contributed by atoms with E-state index in [4.69, 9.17) is 4.98 Å². The lowest BCUT2D eigenvalue weighted by Crippen LogP contribution is -2.35. The highest BCUT2D eigenvalue weighted by atomic mass is 15.2. The van der Waals surface area contributed by atoms with E-state index in [1.807, 2.05) is 0 Å². The van der Waals surface area contributed by atoms with Gasteiger partial charge in [-0.3, -0.25) is 0 Å². The summed E-state index contributed by atoms with van der Waals surface area (Å²) in [5, 5.41) is 3.51. The van der Waals surface area contributed by atoms with Crippen molar-refractivity contribution in [3.05, 3.63) is 23.4 Å². The molecule has 0 atom stereocenters. The quantitative estimate of drug-likeness (QED) is 0.886. The molecule has 0 bridgehead atoms. The molecule has 3 nitrogen and oxygen atoms in total. The number of aromatic nitrogens is 1. The molecule has 0 spiro atoms. The Labute approximate surface area is 111 Å². The summed E-state index contributed by atoms with van der Waals surface area (Å²) in [6, 6.07) is 5.07. The summed E-state index contributed by atoms with van der Waals surface area (Å²) in [6.45, 7) is 9.54. The van der Waals surface area contributed by atoms with E-state index in [9.17, 15) is 0 Å². The SMILES string of the molecule is Cc1nc(N(C)C2CC2)ccc1CNC(C)(C)C. The maximum atomic E-state index is 4.72. The van der Waals surface area contributed by atoms with E-state index < -0.39 is 0 Å². The van der Waals surface area contributed by atoms with Gasteiger partial charge in [-0.15, -0.1) is 0 Å². The zero-order chi connectivity index (χ0) is 13.3. The Balaban J connectivity index is 2.05. The number of hydrogen-bond donors (Lipinski definition) is 1. The molecule has 3 heteroatoms. The third-order valence-electron chi connectivity index (χ3n) is 3.45. The van der Waals surface area contributed by atoms with Crippen LogP contribution in [0.4, 0.5) is 5.82 Å². The van der Waals surface area contributed by atoms with Gasteiger partial charge in [0.2, 0.25) is 0 Å². The fourth-order valence-electron chi connectivity index (χ4n) is 1.97. The molecule has 100 valence electrons. The number of rotatable bonds is 4. The topological polar surface area (TPSA) is 28.2 Å². The van der Waals surface area contributed by atoms with Crippen LogP contribution in [0.1, 0.15) is 44.9 Å². The highest BCUT2D eigenvalue weighted by Crippen LogP contribution is 2.29. The van der Waals surface area contributed by atoms with Crippen LogP contribution in [0, 0.1) is 6.92 Å². The second kappa shape index (κ2) is 4.88. The molecule has 18 heavy (non-hydrogen) atoms. The largest absolute Gasteiger partial charge is 0.357 e. The number of nitrogens with one attached hydrogen (secondary N) is 1. The van der Waals surface area contributed by atoms with Crippen LogP contribution in [0.2, 0.25) is 0 Å². The van der Waals surface area contributed by atoms with Crippen molar-refractivity contribution in [3.63, 3.8) is 0 Å². The number of anilines is 1. The number of pyridine rings is 1. The molecule has 0 saturated heterocycles. The maximum absolute atomic E-state index is 4.72. The van der Waals surface area contributed by atoms with Crippen molar-refractivity contribution >= 4 is 5.82 Å². The summed E-state index contributed by atoms with van der Waals surface area (Å²) in [4.78, 5) is 7.02. The van der Waals surface area contributed by atoms with Crippen LogP contribution < -0.4 is 10.2 Å². The minimum Gasteiger partial charge on any atom is -0.357 e. The molecule has 0 unspecified atom stereocenters. The van der Waals surface area contributed by atoms with Gasteiger partial charge in [-0.2, -0.15) is 0 Å². The molecular weight excluding hydrogens is 222 g/mol. The van der Waals surface area contributed by atoms with Crippen LogP contribution in [-0.4, -0.2) is 23.6 Å². The van der Waals surface area contributed by atoms with Gasteiger partial charge in [0.15, 0.2) is 0 Å². The van der Waals surface area contributed by atoms with Gasteiger partial charge in [-0.1, -0.05) is 6.07 Å². The Morgan fingerprint density at radius 3 is 2.50 bits per heavy atom. The summed E-state index contributed by atoms with van der Waals surface area (Å²) < 4.78 is 0. The molecule has 1 saturated carbocycles. The Morgan fingerprint density at radius 2 is 2.00 bits per heavy atom. The van der Waals surface area contributed by atoms with E-state index in [1.165, 1.54) is 18.4 Å². The van der Waals surface area contributed by atoms with Crippen LogP contribution in [0.25, 0.3) is 0 Å². The zero-order valence-electron chi connectivity index (χ0n) is 12.2. The molecule has 0 aromatic carbocycles. The first-order valence-corrected chi connectivity index (χ1v) is 6.81. The molecule has 1 aliphatic carbocycles. The predicted molar refractivity (Wildman–Crippen MR) is 77.0 cm³/mol. The lowest BCUT2D eigenvalue weighted by atomic mass is 10.1. The first-order valence-electron chi connectivity index (χ1n) is 6.81. The molecule has 2 rings (SSSR count). The van der Waals surface area contributed by atoms with Crippen molar-refractivity contribution in [2.24, 2.45) is 0 Å². The first kappa shape index (κ1) is 13.3. The number of nitrogens with zero attached hydrogens (tertiary/aromatic N) is 2. The fourth-order valence-corrected chi connectivity index (χ4v) is 1.97. The van der Waals surface area contributed by atoms with Gasteiger partial charge in [0.05, 0.1) is 0 Å². The molecule has 0 amide bonds. The van der Waals surface area contributed by atoms with Crippen LogP contribution in [0.3, 0.4) is 0 Å². The molecule has 0 radical (unpaired) electrons.